The predicted octanol–water partition coefficient (Wildman–Crippen LogP) is -0.456. The van der Waals surface area contributed by atoms with Crippen LogP contribution in [-0.2, 0) is 4.79 Å². The Kier molecular flexibility index (Phi) is 2.44. The largest absolute Gasteiger partial charge is 0.311 e. The lowest BCUT2D eigenvalue weighted by Crippen LogP contribution is -2.40. The maximum atomic E-state index is 12.0. The van der Waals surface area contributed by atoms with Gasteiger partial charge in [-0.05, 0) is 5.34 Å². The lowest BCUT2D eigenvalue weighted by Gasteiger charge is -2.10. The van der Waals surface area contributed by atoms with Gasteiger partial charge in [-0.25, -0.2) is 4.39 Å². The lowest BCUT2D eigenvalue weighted by molar-refractivity contribution is -0.191. The normalized spacial score (nSPS) is 11.2. The summed E-state index contributed by atoms with van der Waals surface area (Å²) in [4.78, 5) is 7.00. The van der Waals surface area contributed by atoms with Gasteiger partial charge in [-0.1, -0.05) is 8.96 Å². The van der Waals surface area contributed by atoms with Crippen molar-refractivity contribution in [2.45, 2.75) is 4.92 Å². The number of rotatable bonds is 1. The molecule has 0 fully saturated rings. The van der Waals surface area contributed by atoms with Crippen LogP contribution in [0.4, 0.5) is 13.4 Å². The fraction of sp³-hybridized carbons (Fsp3) is 0.500. The molecule has 0 aromatic rings. The van der Waals surface area contributed by atoms with Gasteiger partial charge in [0.15, 0.2) is 4.92 Å². The first-order chi connectivity index (χ1) is 3.85. The van der Waals surface area contributed by atoms with Crippen LogP contribution in [0.2, 0.25) is 0 Å². The number of nitrogens with zero attached hydrogens (tertiary/aromatic N) is 1. The lowest BCUT2D eigenvalue weighted by atomic mass is 10.7. The Bertz CT molecular complexity index is 121. The van der Waals surface area contributed by atoms with Crippen molar-refractivity contribution >= 4 is 26.4 Å². The van der Waals surface area contributed by atoms with E-state index in [-0.39, 0.29) is 0 Å². The van der Waals surface area contributed by atoms with E-state index in [1.165, 1.54) is 0 Å². The quantitative estimate of drug-likeness (QED) is 0.382. The van der Waals surface area contributed by atoms with Crippen molar-refractivity contribution in [1.82, 2.24) is 5.34 Å². The van der Waals surface area contributed by atoms with Crippen LogP contribution in [0.15, 0.2) is 0 Å². The Hall–Kier alpha value is -0.306. The highest BCUT2D eigenvalue weighted by molar-refractivity contribution is 6.49. The molecule has 0 aliphatic carbocycles. The summed E-state index contributed by atoms with van der Waals surface area (Å²) >= 11 is 0. The van der Waals surface area contributed by atoms with Crippen LogP contribution in [0.5, 0.6) is 0 Å². The Labute approximate surface area is 55.7 Å². The zero-order valence-electron chi connectivity index (χ0n) is 3.99. The molecular weight excluding hydrogens is 167 g/mol. The van der Waals surface area contributed by atoms with Crippen molar-refractivity contribution < 1.29 is 18.1 Å². The number of halogens is 3. The topological polar surface area (TPSA) is 20.3 Å². The number of alkyl halides is 1. The van der Waals surface area contributed by atoms with Gasteiger partial charge < -0.3 is 0 Å². The van der Waals surface area contributed by atoms with E-state index in [1.807, 2.05) is 0 Å². The molecule has 0 unspecified atom stereocenters. The monoisotopic (exact) mass is 167 g/mol. The fourth-order valence-electron chi connectivity index (χ4n) is 0.116. The van der Waals surface area contributed by atoms with Crippen molar-refractivity contribution in [1.29, 1.82) is 0 Å². The Morgan fingerprint density at radius 3 is 1.78 bits per heavy atom. The Morgan fingerprint density at radius 1 is 1.44 bits per heavy atom. The van der Waals surface area contributed by atoms with Crippen LogP contribution in [0.25, 0.3) is 0 Å². The highest BCUT2D eigenvalue weighted by Crippen LogP contribution is 2.05. The first-order valence-electron chi connectivity index (χ1n) is 1.70. The van der Waals surface area contributed by atoms with Gasteiger partial charge in [0.1, 0.15) is 0 Å². The summed E-state index contributed by atoms with van der Waals surface area (Å²) < 4.78 is 34.2. The van der Waals surface area contributed by atoms with E-state index >= 15 is 0 Å². The molecule has 0 bridgehead atoms. The second kappa shape index (κ2) is 2.52. The molecule has 0 aliphatic rings. The molecule has 48 valence electrons. The molecule has 0 aromatic carbocycles. The van der Waals surface area contributed by atoms with E-state index in [4.69, 9.17) is 0 Å². The van der Waals surface area contributed by atoms with E-state index in [1.54, 1.807) is 0 Å². The standard InChI is InChI=1S/C2F3NOSi2/c3-2(8,9)1(7)6(4)5. The molecule has 0 aliphatic heterocycles. The molecular formula is C2F3NOSi2. The van der Waals surface area contributed by atoms with Gasteiger partial charge in [0, 0.05) is 0 Å². The van der Waals surface area contributed by atoms with Gasteiger partial charge >= 0.3 is 5.91 Å². The van der Waals surface area contributed by atoms with E-state index in [0.717, 1.165) is 0 Å². The minimum atomic E-state index is -2.87. The van der Waals surface area contributed by atoms with Gasteiger partial charge in [0.05, 0.1) is 20.5 Å². The van der Waals surface area contributed by atoms with Crippen molar-refractivity contribution in [3.63, 3.8) is 0 Å². The van der Waals surface area contributed by atoms with Crippen LogP contribution in [-0.4, -0.2) is 36.7 Å². The maximum absolute atomic E-state index is 12.0. The summed E-state index contributed by atoms with van der Waals surface area (Å²) in [7, 11) is 4.14. The summed E-state index contributed by atoms with van der Waals surface area (Å²) in [6.07, 6.45) is 0. The molecule has 0 aromatic heterocycles. The summed E-state index contributed by atoms with van der Waals surface area (Å²) in [5.74, 6) is -2.00. The Balaban J connectivity index is 4.06. The van der Waals surface area contributed by atoms with Gasteiger partial charge in [-0.2, -0.15) is 0 Å². The smallest absolute Gasteiger partial charge is 0.266 e. The number of hydrogen-bond donors (Lipinski definition) is 0. The molecule has 0 spiro atoms. The van der Waals surface area contributed by atoms with E-state index < -0.39 is 16.2 Å². The molecule has 9 heavy (non-hydrogen) atoms. The highest BCUT2D eigenvalue weighted by Gasteiger charge is 2.32. The molecule has 6 radical (unpaired) electrons. The predicted molar refractivity (Wildman–Crippen MR) is 24.4 cm³/mol. The molecule has 7 heteroatoms. The second-order valence-electron chi connectivity index (χ2n) is 1.20. The van der Waals surface area contributed by atoms with E-state index in [2.05, 4.69) is 20.5 Å². The summed E-state index contributed by atoms with van der Waals surface area (Å²) in [5.41, 5.74) is 0. The Morgan fingerprint density at radius 2 is 1.78 bits per heavy atom. The van der Waals surface area contributed by atoms with Gasteiger partial charge in [-0.15, -0.1) is 0 Å². The average molecular weight is 167 g/mol. The van der Waals surface area contributed by atoms with Gasteiger partial charge in [0.2, 0.25) is 0 Å². The van der Waals surface area contributed by atoms with Crippen LogP contribution in [0.1, 0.15) is 0 Å². The highest BCUT2D eigenvalue weighted by atomic mass is 28.2. The minimum absolute atomic E-state index is 1.86. The minimum Gasteiger partial charge on any atom is -0.266 e. The van der Waals surface area contributed by atoms with Crippen LogP contribution >= 0.6 is 0 Å². The maximum Gasteiger partial charge on any atom is 0.311 e. The van der Waals surface area contributed by atoms with Crippen LogP contribution in [0.3, 0.4) is 0 Å². The second-order valence-corrected chi connectivity index (χ2v) is 3.07. The third-order valence-corrected chi connectivity index (χ3v) is 0.876. The summed E-state index contributed by atoms with van der Waals surface area (Å²) in [5, 5.41) is -1.86. The summed E-state index contributed by atoms with van der Waals surface area (Å²) in [6.45, 7) is 0. The molecule has 0 atom stereocenters. The third kappa shape index (κ3) is 2.65. The molecule has 0 heterocycles. The fourth-order valence-corrected chi connectivity index (χ4v) is 0.285. The van der Waals surface area contributed by atoms with Crippen molar-refractivity contribution in [2.24, 2.45) is 0 Å². The number of carbonyl (C=O) groups is 1. The zero-order valence-corrected chi connectivity index (χ0v) is 5.99. The molecule has 0 saturated heterocycles. The number of hydrogen-bond acceptors (Lipinski definition) is 1. The van der Waals surface area contributed by atoms with Gasteiger partial charge in [0.25, 0.3) is 0 Å². The van der Waals surface area contributed by atoms with Crippen molar-refractivity contribution in [3.05, 3.63) is 0 Å². The first-order valence-corrected chi connectivity index (χ1v) is 2.70. The zero-order chi connectivity index (χ0) is 7.65. The molecule has 0 N–H and O–H groups in total. The van der Waals surface area contributed by atoms with Crippen molar-refractivity contribution in [3.8, 4) is 0 Å². The van der Waals surface area contributed by atoms with E-state index in [0.29, 0.717) is 0 Å². The number of amides is 1. The van der Waals surface area contributed by atoms with E-state index in [9.17, 15) is 18.1 Å². The average Bonchev–Trinajstić information content (AvgIpc) is 1.62. The molecule has 0 saturated carbocycles. The van der Waals surface area contributed by atoms with Gasteiger partial charge in [-0.3, -0.25) is 4.79 Å². The van der Waals surface area contributed by atoms with Crippen molar-refractivity contribution in [2.75, 3.05) is 0 Å². The SMILES string of the molecule is O=C(N(F)F)C(F)([Si])[Si]. The molecule has 0 rings (SSSR count). The third-order valence-electron chi connectivity index (χ3n) is 0.448. The summed E-state index contributed by atoms with van der Waals surface area (Å²) in [6, 6.07) is 0. The first kappa shape index (κ1) is 8.69. The number of carbonyl (C=O) groups excluding carboxylic acids is 1. The molecule has 1 amide bonds. The van der Waals surface area contributed by atoms with Crippen LogP contribution < -0.4 is 0 Å². The molecule has 2 nitrogen and oxygen atoms in total. The van der Waals surface area contributed by atoms with Crippen LogP contribution in [0, 0.1) is 0 Å².